The lowest BCUT2D eigenvalue weighted by Gasteiger charge is -2.35. The maximum Gasteiger partial charge on any atom is 0.491 e. The van der Waals surface area contributed by atoms with Gasteiger partial charge in [-0.05, 0) is 68.3 Å². The predicted octanol–water partition coefficient (Wildman–Crippen LogP) is 7.46. The highest BCUT2D eigenvalue weighted by molar-refractivity contribution is 9.10. The summed E-state index contributed by atoms with van der Waals surface area (Å²) in [4.78, 5) is 14.3. The van der Waals surface area contributed by atoms with Gasteiger partial charge >= 0.3 is 7.12 Å². The van der Waals surface area contributed by atoms with Gasteiger partial charge in [0.25, 0.3) is 0 Å². The van der Waals surface area contributed by atoms with Gasteiger partial charge < -0.3 is 9.31 Å². The van der Waals surface area contributed by atoms with Crippen LogP contribution in [0, 0.1) is 0 Å². The van der Waals surface area contributed by atoms with Crippen molar-refractivity contribution in [2.45, 2.75) is 83.8 Å². The van der Waals surface area contributed by atoms with E-state index >= 15 is 0 Å². The van der Waals surface area contributed by atoms with Crippen LogP contribution >= 0.6 is 15.9 Å². The summed E-state index contributed by atoms with van der Waals surface area (Å²) in [6.45, 7) is 21.0. The van der Waals surface area contributed by atoms with E-state index in [1.165, 1.54) is 5.56 Å². The van der Waals surface area contributed by atoms with Crippen molar-refractivity contribution in [2.75, 3.05) is 0 Å². The Morgan fingerprint density at radius 3 is 1.79 bits per heavy atom. The average molecular weight is 511 g/mol. The number of Topliss-reactive ketones (excluding diaryl/α,β-unsaturated/α-hetero) is 1. The molecule has 0 N–H and O–H groups in total. The zero-order valence-corrected chi connectivity index (χ0v) is 22.8. The van der Waals surface area contributed by atoms with Crippen molar-refractivity contribution >= 4 is 28.8 Å². The van der Waals surface area contributed by atoms with Gasteiger partial charge in [0, 0.05) is 10.0 Å². The Morgan fingerprint density at radius 2 is 1.36 bits per heavy atom. The molecule has 1 atom stereocenters. The minimum absolute atomic E-state index is 0.00694. The van der Waals surface area contributed by atoms with E-state index in [-0.39, 0.29) is 11.2 Å². The molecule has 1 aliphatic rings. The molecule has 0 aromatic heterocycles. The first-order valence-corrected chi connectivity index (χ1v) is 12.4. The van der Waals surface area contributed by atoms with Gasteiger partial charge in [0.05, 0.1) is 16.6 Å². The van der Waals surface area contributed by atoms with E-state index in [2.05, 4.69) is 43.3 Å². The van der Waals surface area contributed by atoms with E-state index in [1.807, 2.05) is 83.1 Å². The summed E-state index contributed by atoms with van der Waals surface area (Å²) < 4.78 is 13.6. The first-order chi connectivity index (χ1) is 15.2. The zero-order valence-electron chi connectivity index (χ0n) is 21.2. The molecule has 0 unspecified atom stereocenters. The Hall–Kier alpha value is -1.69. The molecule has 0 saturated carbocycles. The van der Waals surface area contributed by atoms with E-state index < -0.39 is 23.7 Å². The number of carbonyl (C=O) groups excluding carboxylic acids is 1. The van der Waals surface area contributed by atoms with Crippen molar-refractivity contribution in [3.05, 3.63) is 81.7 Å². The number of hydrogen-bond acceptors (Lipinski definition) is 3. The molecule has 3 rings (SSSR count). The van der Waals surface area contributed by atoms with E-state index in [4.69, 9.17) is 9.31 Å². The lowest BCUT2D eigenvalue weighted by atomic mass is 9.56. The highest BCUT2D eigenvalue weighted by Gasteiger charge is 2.57. The molecule has 0 amide bonds. The smallest absolute Gasteiger partial charge is 0.400 e. The molecule has 0 radical (unpaired) electrons. The van der Waals surface area contributed by atoms with Gasteiger partial charge in [-0.15, -0.1) is 6.58 Å². The minimum atomic E-state index is -0.981. The van der Waals surface area contributed by atoms with Gasteiger partial charge in [0.2, 0.25) is 0 Å². The molecule has 3 nitrogen and oxygen atoms in total. The molecule has 1 heterocycles. The molecule has 33 heavy (non-hydrogen) atoms. The number of allylic oxidation sites excluding steroid dienone is 1. The third-order valence-corrected chi connectivity index (χ3v) is 7.88. The highest BCUT2D eigenvalue weighted by atomic mass is 79.9. The van der Waals surface area contributed by atoms with Crippen LogP contribution in [0.5, 0.6) is 0 Å². The van der Waals surface area contributed by atoms with Gasteiger partial charge in [-0.3, -0.25) is 4.79 Å². The summed E-state index contributed by atoms with van der Waals surface area (Å²) >= 11 is 3.52. The average Bonchev–Trinajstić information content (AvgIpc) is 2.96. The molecular formula is C28H36BBrO3. The summed E-state index contributed by atoms with van der Waals surface area (Å²) in [5.74, 6) is 0.00694. The third kappa shape index (κ3) is 4.65. The molecule has 176 valence electrons. The topological polar surface area (TPSA) is 35.5 Å². The molecule has 0 bridgehead atoms. The molecule has 1 aliphatic heterocycles. The number of hydrogen-bond donors (Lipinski definition) is 0. The van der Waals surface area contributed by atoms with Crippen molar-refractivity contribution in [1.82, 2.24) is 0 Å². The monoisotopic (exact) mass is 510 g/mol. The van der Waals surface area contributed by atoms with Gasteiger partial charge in [-0.25, -0.2) is 0 Å². The van der Waals surface area contributed by atoms with Crippen molar-refractivity contribution in [2.24, 2.45) is 0 Å². The first kappa shape index (κ1) is 25.9. The number of halogens is 1. The summed E-state index contributed by atoms with van der Waals surface area (Å²) in [7, 11) is -0.684. The largest absolute Gasteiger partial charge is 0.491 e. The van der Waals surface area contributed by atoms with Crippen LogP contribution in [0.15, 0.2) is 65.1 Å². The van der Waals surface area contributed by atoms with Crippen molar-refractivity contribution in [3.63, 3.8) is 0 Å². The molecule has 0 spiro atoms. The summed E-state index contributed by atoms with van der Waals surface area (Å²) in [5, 5.41) is 0. The van der Waals surface area contributed by atoms with Crippen molar-refractivity contribution in [1.29, 1.82) is 0 Å². The Morgan fingerprint density at radius 1 is 0.909 bits per heavy atom. The Balaban J connectivity index is 2.12. The Kier molecular flexibility index (Phi) is 6.94. The summed E-state index contributed by atoms with van der Waals surface area (Å²) in [5.41, 5.74) is 1.37. The highest BCUT2D eigenvalue weighted by Crippen LogP contribution is 2.46. The lowest BCUT2D eigenvalue weighted by molar-refractivity contribution is 0.00578. The minimum Gasteiger partial charge on any atom is -0.400 e. The quantitative estimate of drug-likeness (QED) is 0.298. The molecule has 0 aliphatic carbocycles. The van der Waals surface area contributed by atoms with Crippen LogP contribution in [0.3, 0.4) is 0 Å². The van der Waals surface area contributed by atoms with Crippen molar-refractivity contribution in [3.8, 4) is 0 Å². The van der Waals surface area contributed by atoms with Gasteiger partial charge in [-0.2, -0.15) is 0 Å². The van der Waals surface area contributed by atoms with Gasteiger partial charge in [0.1, 0.15) is 0 Å². The first-order valence-electron chi connectivity index (χ1n) is 11.6. The molecule has 5 heteroatoms. The summed E-state index contributed by atoms with van der Waals surface area (Å²) in [6, 6.07) is 15.9. The molecule has 1 fully saturated rings. The standard InChI is InChI=1S/C28H36BBrO3/c1-10-28(22-15-17-23(30)18-16-22,19(2)29-32-26(6,7)27(8,9)33-29)24(31)20-11-13-21(14-12-20)25(3,4)5/h11-18H,2,10H2,1,3-9H3/t28-/m1/s1. The van der Waals surface area contributed by atoms with E-state index in [9.17, 15) is 4.79 Å². The van der Waals surface area contributed by atoms with Crippen LogP contribution in [0.25, 0.3) is 0 Å². The zero-order chi connectivity index (χ0) is 24.8. The number of benzene rings is 2. The fraction of sp³-hybridized carbons (Fsp3) is 0.464. The van der Waals surface area contributed by atoms with Crippen LogP contribution < -0.4 is 0 Å². The van der Waals surface area contributed by atoms with E-state index in [1.54, 1.807) is 0 Å². The van der Waals surface area contributed by atoms with Crippen LogP contribution in [0.2, 0.25) is 0 Å². The normalized spacial score (nSPS) is 19.2. The number of rotatable bonds is 6. The number of carbonyl (C=O) groups is 1. The fourth-order valence-corrected chi connectivity index (χ4v) is 4.61. The Bertz CT molecular complexity index is 1020. The second-order valence-corrected chi connectivity index (χ2v) is 12.0. The molecule has 2 aromatic carbocycles. The molecule has 1 saturated heterocycles. The molecular weight excluding hydrogens is 475 g/mol. The second kappa shape index (κ2) is 8.83. The Labute approximate surface area is 208 Å². The van der Waals surface area contributed by atoms with Gasteiger partial charge in [0.15, 0.2) is 5.78 Å². The van der Waals surface area contributed by atoms with Crippen LogP contribution in [-0.4, -0.2) is 24.1 Å². The number of ketones is 1. The van der Waals surface area contributed by atoms with Crippen LogP contribution in [-0.2, 0) is 20.1 Å². The predicted molar refractivity (Wildman–Crippen MR) is 141 cm³/mol. The van der Waals surface area contributed by atoms with E-state index in [0.29, 0.717) is 17.5 Å². The van der Waals surface area contributed by atoms with Crippen LogP contribution in [0.4, 0.5) is 0 Å². The third-order valence-electron chi connectivity index (χ3n) is 7.35. The fourth-order valence-electron chi connectivity index (χ4n) is 4.34. The maximum absolute atomic E-state index is 14.3. The lowest BCUT2D eigenvalue weighted by Crippen LogP contribution is -2.44. The van der Waals surface area contributed by atoms with E-state index in [0.717, 1.165) is 10.0 Å². The van der Waals surface area contributed by atoms with Crippen molar-refractivity contribution < 1.29 is 14.1 Å². The van der Waals surface area contributed by atoms with Crippen LogP contribution in [0.1, 0.15) is 83.3 Å². The SMILES string of the molecule is C=C(B1OC(C)(C)C(C)(C)O1)[C@@](CC)(C(=O)c1ccc(C(C)(C)C)cc1)c1ccc(Br)cc1. The van der Waals surface area contributed by atoms with Gasteiger partial charge in [-0.1, -0.05) is 80.0 Å². The maximum atomic E-state index is 14.3. The summed E-state index contributed by atoms with van der Waals surface area (Å²) in [6.07, 6.45) is 0.539. The molecule has 2 aromatic rings. The second-order valence-electron chi connectivity index (χ2n) is 11.0.